The molecule has 0 saturated heterocycles. The molecule has 0 aliphatic carbocycles. The lowest BCUT2D eigenvalue weighted by molar-refractivity contribution is -0.136. The zero-order valence-electron chi connectivity index (χ0n) is 11.2. The summed E-state index contributed by atoms with van der Waals surface area (Å²) in [6.45, 7) is 0.680. The first-order chi connectivity index (χ1) is 9.54. The number of nitrogens with zero attached hydrogens (tertiary/aromatic N) is 1. The van der Waals surface area contributed by atoms with Crippen molar-refractivity contribution in [3.05, 3.63) is 65.5 Å². The maximum absolute atomic E-state index is 12.9. The summed E-state index contributed by atoms with van der Waals surface area (Å²) in [4.78, 5) is 12.6. The number of hydrogen-bond donors (Lipinski definition) is 1. The van der Waals surface area contributed by atoms with Gasteiger partial charge in [0.05, 0.1) is 6.42 Å². The highest BCUT2D eigenvalue weighted by molar-refractivity contribution is 5.70. The van der Waals surface area contributed by atoms with E-state index in [-0.39, 0.29) is 12.2 Å². The number of carboxylic acid groups (broad SMARTS) is 1. The highest BCUT2D eigenvalue weighted by atomic mass is 19.1. The van der Waals surface area contributed by atoms with Crippen molar-refractivity contribution in [2.45, 2.75) is 13.0 Å². The van der Waals surface area contributed by atoms with E-state index in [0.29, 0.717) is 6.54 Å². The number of carbonyl (C=O) groups is 1. The number of carboxylic acids is 1. The van der Waals surface area contributed by atoms with Crippen molar-refractivity contribution in [3.63, 3.8) is 0 Å². The second kappa shape index (κ2) is 6.19. The fourth-order valence-corrected chi connectivity index (χ4v) is 2.00. The molecule has 0 spiro atoms. The first-order valence-electron chi connectivity index (χ1n) is 6.31. The molecule has 0 amide bonds. The molecule has 2 rings (SSSR count). The molecular weight excluding hydrogens is 257 g/mol. The average molecular weight is 273 g/mol. The van der Waals surface area contributed by atoms with Crippen molar-refractivity contribution in [2.75, 3.05) is 11.9 Å². The summed E-state index contributed by atoms with van der Waals surface area (Å²) >= 11 is 0. The van der Waals surface area contributed by atoms with Gasteiger partial charge in [-0.15, -0.1) is 0 Å². The van der Waals surface area contributed by atoms with Crippen molar-refractivity contribution in [1.29, 1.82) is 0 Å². The lowest BCUT2D eigenvalue weighted by atomic mass is 10.1. The van der Waals surface area contributed by atoms with Gasteiger partial charge in [0.15, 0.2) is 0 Å². The van der Waals surface area contributed by atoms with Crippen LogP contribution in [0.15, 0.2) is 48.5 Å². The maximum atomic E-state index is 12.9. The Morgan fingerprint density at radius 1 is 1.05 bits per heavy atom. The van der Waals surface area contributed by atoms with Crippen LogP contribution in [-0.4, -0.2) is 18.1 Å². The van der Waals surface area contributed by atoms with Gasteiger partial charge in [-0.05, 0) is 35.4 Å². The van der Waals surface area contributed by atoms with Gasteiger partial charge in [0, 0.05) is 19.3 Å². The summed E-state index contributed by atoms with van der Waals surface area (Å²) in [5.41, 5.74) is 2.79. The Hall–Kier alpha value is -2.36. The van der Waals surface area contributed by atoms with E-state index < -0.39 is 5.97 Å². The molecule has 4 heteroatoms. The molecule has 0 fully saturated rings. The smallest absolute Gasteiger partial charge is 0.307 e. The highest BCUT2D eigenvalue weighted by Crippen LogP contribution is 2.16. The van der Waals surface area contributed by atoms with E-state index in [0.717, 1.165) is 16.8 Å². The van der Waals surface area contributed by atoms with Crippen LogP contribution in [0.1, 0.15) is 11.1 Å². The Bertz CT molecular complexity index is 578. The van der Waals surface area contributed by atoms with Crippen molar-refractivity contribution >= 4 is 11.7 Å². The summed E-state index contributed by atoms with van der Waals surface area (Å²) in [5.74, 6) is -1.08. The molecule has 0 heterocycles. The number of rotatable bonds is 5. The molecule has 2 aromatic rings. The Kier molecular flexibility index (Phi) is 4.35. The van der Waals surface area contributed by atoms with Crippen molar-refractivity contribution in [3.8, 4) is 0 Å². The molecule has 0 atom stereocenters. The van der Waals surface area contributed by atoms with Crippen LogP contribution in [0.25, 0.3) is 0 Å². The number of aliphatic carboxylic acids is 1. The number of anilines is 1. The first kappa shape index (κ1) is 14.1. The Labute approximate surface area is 117 Å². The van der Waals surface area contributed by atoms with Gasteiger partial charge in [-0.25, -0.2) is 4.39 Å². The molecule has 1 N–H and O–H groups in total. The zero-order chi connectivity index (χ0) is 14.5. The molecule has 0 unspecified atom stereocenters. The third-order valence-electron chi connectivity index (χ3n) is 3.07. The zero-order valence-corrected chi connectivity index (χ0v) is 11.2. The van der Waals surface area contributed by atoms with E-state index in [1.165, 1.54) is 12.1 Å². The average Bonchev–Trinajstić information content (AvgIpc) is 2.41. The van der Waals surface area contributed by atoms with E-state index in [4.69, 9.17) is 5.11 Å². The second-order valence-corrected chi connectivity index (χ2v) is 4.72. The largest absolute Gasteiger partial charge is 0.481 e. The quantitative estimate of drug-likeness (QED) is 0.910. The van der Waals surface area contributed by atoms with Crippen LogP contribution in [0.3, 0.4) is 0 Å². The molecule has 0 radical (unpaired) electrons. The summed E-state index contributed by atoms with van der Waals surface area (Å²) in [6, 6.07) is 13.8. The Morgan fingerprint density at radius 3 is 2.15 bits per heavy atom. The van der Waals surface area contributed by atoms with Crippen LogP contribution in [0.5, 0.6) is 0 Å². The molecule has 0 aliphatic heterocycles. The monoisotopic (exact) mass is 273 g/mol. The summed E-state index contributed by atoms with van der Waals surface area (Å²) in [5, 5.41) is 8.71. The van der Waals surface area contributed by atoms with Gasteiger partial charge in [-0.1, -0.05) is 24.3 Å². The SMILES string of the molecule is CN(Cc1ccc(CC(=O)O)cc1)c1ccc(F)cc1. The van der Waals surface area contributed by atoms with E-state index in [1.807, 2.05) is 36.2 Å². The van der Waals surface area contributed by atoms with E-state index in [9.17, 15) is 9.18 Å². The van der Waals surface area contributed by atoms with Crippen molar-refractivity contribution in [1.82, 2.24) is 0 Å². The first-order valence-corrected chi connectivity index (χ1v) is 6.31. The summed E-state index contributed by atoms with van der Waals surface area (Å²) < 4.78 is 12.9. The minimum Gasteiger partial charge on any atom is -0.481 e. The molecule has 20 heavy (non-hydrogen) atoms. The van der Waals surface area contributed by atoms with Crippen molar-refractivity contribution < 1.29 is 14.3 Å². The van der Waals surface area contributed by atoms with Gasteiger partial charge < -0.3 is 10.0 Å². The van der Waals surface area contributed by atoms with Gasteiger partial charge in [0.1, 0.15) is 5.82 Å². The fraction of sp³-hybridized carbons (Fsp3) is 0.188. The molecule has 0 aromatic heterocycles. The number of halogens is 1. The topological polar surface area (TPSA) is 40.5 Å². The fourth-order valence-electron chi connectivity index (χ4n) is 2.00. The minimum atomic E-state index is -0.832. The van der Waals surface area contributed by atoms with Gasteiger partial charge in [-0.2, -0.15) is 0 Å². The molecule has 0 aliphatic rings. The molecule has 104 valence electrons. The lowest BCUT2D eigenvalue weighted by Gasteiger charge is -2.19. The van der Waals surface area contributed by atoms with Crippen LogP contribution < -0.4 is 4.90 Å². The number of hydrogen-bond acceptors (Lipinski definition) is 2. The van der Waals surface area contributed by atoms with Crippen LogP contribution in [-0.2, 0) is 17.8 Å². The molecular formula is C16H16FNO2. The predicted octanol–water partition coefficient (Wildman–Crippen LogP) is 3.09. The van der Waals surface area contributed by atoms with Crippen molar-refractivity contribution in [2.24, 2.45) is 0 Å². The third kappa shape index (κ3) is 3.82. The number of benzene rings is 2. The molecule has 0 saturated carbocycles. The van der Waals surface area contributed by atoms with E-state index >= 15 is 0 Å². The molecule has 3 nitrogen and oxygen atoms in total. The van der Waals surface area contributed by atoms with E-state index in [2.05, 4.69) is 0 Å². The minimum absolute atomic E-state index is 0.0358. The van der Waals surface area contributed by atoms with Crippen LogP contribution >= 0.6 is 0 Å². The van der Waals surface area contributed by atoms with E-state index in [1.54, 1.807) is 12.1 Å². The van der Waals surface area contributed by atoms with Gasteiger partial charge in [-0.3, -0.25) is 4.79 Å². The predicted molar refractivity (Wildman–Crippen MR) is 76.3 cm³/mol. The summed E-state index contributed by atoms with van der Waals surface area (Å²) in [7, 11) is 1.93. The van der Waals surface area contributed by atoms with Gasteiger partial charge in [0.2, 0.25) is 0 Å². The normalized spacial score (nSPS) is 10.3. The Morgan fingerprint density at radius 2 is 1.60 bits per heavy atom. The van der Waals surface area contributed by atoms with Gasteiger partial charge >= 0.3 is 5.97 Å². The second-order valence-electron chi connectivity index (χ2n) is 4.72. The van der Waals surface area contributed by atoms with Gasteiger partial charge in [0.25, 0.3) is 0 Å². The maximum Gasteiger partial charge on any atom is 0.307 e. The standard InChI is InChI=1S/C16H16FNO2/c1-18(15-8-6-14(17)7-9-15)11-13-4-2-12(3-5-13)10-16(19)20/h2-9H,10-11H2,1H3,(H,19,20). The Balaban J connectivity index is 2.02. The summed E-state index contributed by atoms with van der Waals surface area (Å²) in [6.07, 6.45) is 0.0358. The lowest BCUT2D eigenvalue weighted by Crippen LogP contribution is -2.16. The molecule has 0 bridgehead atoms. The van der Waals surface area contributed by atoms with Crippen LogP contribution in [0.4, 0.5) is 10.1 Å². The van der Waals surface area contributed by atoms with Crippen LogP contribution in [0.2, 0.25) is 0 Å². The van der Waals surface area contributed by atoms with Crippen LogP contribution in [0, 0.1) is 5.82 Å². The highest BCUT2D eigenvalue weighted by Gasteiger charge is 2.04. The third-order valence-corrected chi connectivity index (χ3v) is 3.07. The molecule has 2 aromatic carbocycles.